The minimum Gasteiger partial charge on any atom is -0.363 e. The number of fused-ring (bicyclic) bond motifs is 1. The van der Waals surface area contributed by atoms with Crippen molar-refractivity contribution >= 4 is 31.6 Å². The van der Waals surface area contributed by atoms with Gasteiger partial charge in [-0.1, -0.05) is 46.3 Å². The molecule has 0 amide bonds. The van der Waals surface area contributed by atoms with Crippen molar-refractivity contribution in [2.24, 2.45) is 0 Å². The van der Waals surface area contributed by atoms with E-state index in [1.807, 2.05) is 42.5 Å². The van der Waals surface area contributed by atoms with E-state index < -0.39 is 10.0 Å². The average molecular weight is 461 g/mol. The molecule has 0 fully saturated rings. The molecule has 0 aliphatic carbocycles. The van der Waals surface area contributed by atoms with Crippen LogP contribution in [0.5, 0.6) is 0 Å². The normalized spacial score (nSPS) is 16.5. The average Bonchev–Trinajstić information content (AvgIpc) is 3.17. The van der Waals surface area contributed by atoms with Crippen molar-refractivity contribution in [2.75, 3.05) is 24.5 Å². The Hall–Kier alpha value is -2.16. The van der Waals surface area contributed by atoms with E-state index in [2.05, 4.69) is 30.8 Å². The van der Waals surface area contributed by atoms with Crippen LogP contribution >= 0.6 is 15.9 Å². The zero-order chi connectivity index (χ0) is 19.6. The first kappa shape index (κ1) is 19.2. The van der Waals surface area contributed by atoms with Gasteiger partial charge in [0.25, 0.3) is 0 Å². The maximum absolute atomic E-state index is 13.4. The molecule has 6 nitrogen and oxygen atoms in total. The summed E-state index contributed by atoms with van der Waals surface area (Å²) in [6.07, 6.45) is 4.09. The lowest BCUT2D eigenvalue weighted by Crippen LogP contribution is -2.36. The van der Waals surface area contributed by atoms with Gasteiger partial charge < -0.3 is 9.88 Å². The number of aromatic nitrogens is 2. The molecule has 3 aromatic rings. The van der Waals surface area contributed by atoms with Gasteiger partial charge in [0.05, 0.1) is 24.3 Å². The molecule has 1 aliphatic heterocycles. The van der Waals surface area contributed by atoms with E-state index in [1.165, 1.54) is 0 Å². The molecule has 28 heavy (non-hydrogen) atoms. The molecule has 0 saturated carbocycles. The van der Waals surface area contributed by atoms with Gasteiger partial charge >= 0.3 is 0 Å². The van der Waals surface area contributed by atoms with Crippen LogP contribution in [0, 0.1) is 0 Å². The van der Waals surface area contributed by atoms with E-state index in [9.17, 15) is 8.42 Å². The number of aromatic amines is 1. The van der Waals surface area contributed by atoms with E-state index in [1.54, 1.807) is 22.9 Å². The number of rotatable bonds is 5. The summed E-state index contributed by atoms with van der Waals surface area (Å²) in [6, 6.07) is 15.4. The zero-order valence-electron chi connectivity index (χ0n) is 15.3. The molecule has 1 aromatic heterocycles. The first-order valence-electron chi connectivity index (χ1n) is 9.10. The molecule has 1 N–H and O–H groups in total. The summed E-state index contributed by atoms with van der Waals surface area (Å²) in [5.74, 6) is 0. The van der Waals surface area contributed by atoms with Crippen LogP contribution in [0.1, 0.15) is 11.3 Å². The van der Waals surface area contributed by atoms with Crippen LogP contribution in [-0.4, -0.2) is 42.3 Å². The molecule has 8 heteroatoms. The fourth-order valence-electron chi connectivity index (χ4n) is 3.44. The molecule has 0 radical (unpaired) electrons. The van der Waals surface area contributed by atoms with Crippen LogP contribution in [0.3, 0.4) is 0 Å². The first-order valence-corrected chi connectivity index (χ1v) is 11.3. The van der Waals surface area contributed by atoms with Crippen LogP contribution in [0.2, 0.25) is 0 Å². The molecule has 2 heterocycles. The van der Waals surface area contributed by atoms with Crippen molar-refractivity contribution in [1.29, 1.82) is 0 Å². The number of halogens is 1. The monoisotopic (exact) mass is 460 g/mol. The van der Waals surface area contributed by atoms with Gasteiger partial charge in [-0.3, -0.25) is 0 Å². The van der Waals surface area contributed by atoms with E-state index in [-0.39, 0.29) is 0 Å². The maximum Gasteiger partial charge on any atom is 0.245 e. The highest BCUT2D eigenvalue weighted by Gasteiger charge is 2.32. The molecule has 2 aromatic carbocycles. The number of H-pyrrole nitrogens is 1. The van der Waals surface area contributed by atoms with E-state index in [0.717, 1.165) is 21.4 Å². The second-order valence-corrected chi connectivity index (χ2v) is 9.57. The summed E-state index contributed by atoms with van der Waals surface area (Å²) in [4.78, 5) is 9.60. The second-order valence-electron chi connectivity index (χ2n) is 6.75. The Bertz CT molecular complexity index is 1040. The standard InChI is InChI=1S/C20H21BrN4O2S/c21-17-6-7-19-20(12-17)28(26,27)25(9-8-16-4-2-1-3-5-16)11-10-24(19)14-18-13-22-15-23-18/h1-7,12-13,15H,8-11,14H2,(H,22,23). The lowest BCUT2D eigenvalue weighted by atomic mass is 10.1. The summed E-state index contributed by atoms with van der Waals surface area (Å²) in [5, 5.41) is 0. The molecule has 4 rings (SSSR count). The molecular formula is C20H21BrN4O2S. The molecule has 0 bridgehead atoms. The van der Waals surface area contributed by atoms with Gasteiger partial charge in [-0.25, -0.2) is 13.4 Å². The predicted octanol–water partition coefficient (Wildman–Crippen LogP) is 3.43. The van der Waals surface area contributed by atoms with E-state index in [0.29, 0.717) is 37.5 Å². The highest BCUT2D eigenvalue weighted by atomic mass is 79.9. The molecule has 1 aliphatic rings. The maximum atomic E-state index is 13.4. The Morgan fingerprint density at radius 1 is 1.11 bits per heavy atom. The Balaban J connectivity index is 1.65. The molecule has 146 valence electrons. The van der Waals surface area contributed by atoms with Crippen LogP contribution in [-0.2, 0) is 23.0 Å². The third kappa shape index (κ3) is 3.99. The van der Waals surface area contributed by atoms with Crippen molar-refractivity contribution < 1.29 is 8.42 Å². The Morgan fingerprint density at radius 3 is 2.68 bits per heavy atom. The first-order chi connectivity index (χ1) is 13.5. The topological polar surface area (TPSA) is 69.3 Å². The van der Waals surface area contributed by atoms with Gasteiger partial charge in [0.15, 0.2) is 0 Å². The predicted molar refractivity (Wildman–Crippen MR) is 113 cm³/mol. The van der Waals surface area contributed by atoms with Gasteiger partial charge in [-0.2, -0.15) is 4.31 Å². The summed E-state index contributed by atoms with van der Waals surface area (Å²) in [7, 11) is -3.59. The molecule has 0 saturated heterocycles. The number of benzene rings is 2. The molecule has 0 spiro atoms. The van der Waals surface area contributed by atoms with Gasteiger partial charge in [-0.15, -0.1) is 0 Å². The minimum atomic E-state index is -3.59. The number of nitrogens with zero attached hydrogens (tertiary/aromatic N) is 3. The van der Waals surface area contributed by atoms with Gasteiger partial charge in [0.2, 0.25) is 10.0 Å². The number of hydrogen-bond acceptors (Lipinski definition) is 4. The van der Waals surface area contributed by atoms with Crippen LogP contribution < -0.4 is 4.90 Å². The lowest BCUT2D eigenvalue weighted by Gasteiger charge is -2.23. The van der Waals surface area contributed by atoms with Crippen LogP contribution in [0.15, 0.2) is 70.4 Å². The third-order valence-corrected chi connectivity index (χ3v) is 7.33. The number of sulfonamides is 1. The summed E-state index contributed by atoms with van der Waals surface area (Å²) >= 11 is 3.43. The smallest absolute Gasteiger partial charge is 0.245 e. The van der Waals surface area contributed by atoms with E-state index in [4.69, 9.17) is 0 Å². The Kier molecular flexibility index (Phi) is 5.52. The molecular weight excluding hydrogens is 440 g/mol. The van der Waals surface area contributed by atoms with Crippen LogP contribution in [0.25, 0.3) is 0 Å². The van der Waals surface area contributed by atoms with Crippen molar-refractivity contribution in [1.82, 2.24) is 14.3 Å². The van der Waals surface area contributed by atoms with Gasteiger partial charge in [0.1, 0.15) is 4.90 Å². The number of hydrogen-bond donors (Lipinski definition) is 1. The third-order valence-electron chi connectivity index (χ3n) is 4.91. The highest BCUT2D eigenvalue weighted by molar-refractivity contribution is 9.10. The summed E-state index contributed by atoms with van der Waals surface area (Å²) in [5.41, 5.74) is 2.80. The summed E-state index contributed by atoms with van der Waals surface area (Å²) in [6.45, 7) is 2.09. The zero-order valence-corrected chi connectivity index (χ0v) is 17.7. The number of imidazole rings is 1. The van der Waals surface area contributed by atoms with Crippen molar-refractivity contribution in [3.05, 3.63) is 76.8 Å². The van der Waals surface area contributed by atoms with Gasteiger partial charge in [-0.05, 0) is 30.2 Å². The Labute approximate surface area is 173 Å². The molecule has 0 atom stereocenters. The second kappa shape index (κ2) is 8.06. The van der Waals surface area contributed by atoms with Gasteiger partial charge in [0, 0.05) is 30.3 Å². The van der Waals surface area contributed by atoms with Crippen molar-refractivity contribution in [2.45, 2.75) is 17.9 Å². The fourth-order valence-corrected chi connectivity index (χ4v) is 5.62. The van der Waals surface area contributed by atoms with Crippen molar-refractivity contribution in [3.8, 4) is 0 Å². The summed E-state index contributed by atoms with van der Waals surface area (Å²) < 4.78 is 29.2. The number of nitrogens with one attached hydrogen (secondary N) is 1. The SMILES string of the molecule is O=S1(=O)c2cc(Br)ccc2N(Cc2cnc[nH]2)CCN1CCc1ccccc1. The molecule has 0 unspecified atom stereocenters. The lowest BCUT2D eigenvalue weighted by molar-refractivity contribution is 0.422. The minimum absolute atomic E-state index is 0.340. The largest absolute Gasteiger partial charge is 0.363 e. The van der Waals surface area contributed by atoms with E-state index >= 15 is 0 Å². The fraction of sp³-hybridized carbons (Fsp3) is 0.250. The van der Waals surface area contributed by atoms with Crippen LogP contribution in [0.4, 0.5) is 5.69 Å². The Morgan fingerprint density at radius 2 is 1.93 bits per heavy atom. The highest BCUT2D eigenvalue weighted by Crippen LogP contribution is 2.34. The quantitative estimate of drug-likeness (QED) is 0.632. The van der Waals surface area contributed by atoms with Crippen molar-refractivity contribution in [3.63, 3.8) is 0 Å². The number of anilines is 1.